The number of amides is 1. The molecule has 0 unspecified atom stereocenters. The van der Waals surface area contributed by atoms with Gasteiger partial charge in [-0.2, -0.15) is 5.26 Å². The molecule has 0 aliphatic heterocycles. The molecule has 1 aliphatic rings. The number of fused-ring (bicyclic) bond motifs is 1. The number of carbonyl (C=O) groups excluding carboxylic acids is 1. The molecule has 3 rings (SSSR count). The summed E-state index contributed by atoms with van der Waals surface area (Å²) in [5.41, 5.74) is 4.44. The van der Waals surface area contributed by atoms with Gasteiger partial charge in [-0.1, -0.05) is 17.8 Å². The summed E-state index contributed by atoms with van der Waals surface area (Å²) in [6.07, 6.45) is 2.88. The van der Waals surface area contributed by atoms with Crippen LogP contribution in [-0.4, -0.2) is 21.6 Å². The van der Waals surface area contributed by atoms with Crippen molar-refractivity contribution in [2.75, 3.05) is 11.1 Å². The first-order chi connectivity index (χ1) is 12.9. The van der Waals surface area contributed by atoms with Crippen molar-refractivity contribution >= 4 is 29.0 Å². The quantitative estimate of drug-likeness (QED) is 0.480. The normalized spacial score (nSPS) is 12.3. The van der Waals surface area contributed by atoms with Crippen LogP contribution in [0.1, 0.15) is 34.4 Å². The van der Waals surface area contributed by atoms with Gasteiger partial charge in [-0.25, -0.2) is 4.98 Å². The van der Waals surface area contributed by atoms with Crippen molar-refractivity contribution < 1.29 is 9.72 Å². The van der Waals surface area contributed by atoms with E-state index >= 15 is 0 Å². The molecule has 0 radical (unpaired) electrons. The number of nitrogens with one attached hydrogen (secondary N) is 1. The average Bonchev–Trinajstić information content (AvgIpc) is 3.10. The molecule has 1 N–H and O–H groups in total. The van der Waals surface area contributed by atoms with E-state index in [4.69, 9.17) is 0 Å². The molecular weight excluding hydrogens is 364 g/mol. The SMILES string of the molecule is Cc1c(NC(=O)CSc2nc3c(c(C)c2C#N)CCC3)cccc1[N+](=O)[O-]. The summed E-state index contributed by atoms with van der Waals surface area (Å²) >= 11 is 1.22. The van der Waals surface area contributed by atoms with E-state index in [1.165, 1.54) is 23.9 Å². The minimum Gasteiger partial charge on any atom is -0.325 e. The molecular formula is C19H18N4O3S. The van der Waals surface area contributed by atoms with Crippen LogP contribution < -0.4 is 5.32 Å². The van der Waals surface area contributed by atoms with E-state index in [0.29, 0.717) is 21.8 Å². The summed E-state index contributed by atoms with van der Waals surface area (Å²) in [5, 5.41) is 23.8. The molecule has 0 bridgehead atoms. The van der Waals surface area contributed by atoms with E-state index in [0.717, 1.165) is 36.1 Å². The Kier molecular flexibility index (Phi) is 5.42. The van der Waals surface area contributed by atoms with Gasteiger partial charge in [0.2, 0.25) is 5.91 Å². The number of aromatic nitrogens is 1. The first kappa shape index (κ1) is 18.9. The zero-order chi connectivity index (χ0) is 19.6. The Balaban J connectivity index is 1.74. The van der Waals surface area contributed by atoms with E-state index in [-0.39, 0.29) is 17.3 Å². The highest BCUT2D eigenvalue weighted by molar-refractivity contribution is 8.00. The maximum atomic E-state index is 12.3. The number of nitriles is 1. The Labute approximate surface area is 161 Å². The third-order valence-corrected chi connectivity index (χ3v) is 5.67. The predicted molar refractivity (Wildman–Crippen MR) is 103 cm³/mol. The predicted octanol–water partition coefficient (Wildman–Crippen LogP) is 3.70. The number of hydrogen-bond donors (Lipinski definition) is 1. The highest BCUT2D eigenvalue weighted by Crippen LogP contribution is 2.32. The molecule has 0 saturated heterocycles. The fraction of sp³-hybridized carbons (Fsp3) is 0.316. The monoisotopic (exact) mass is 382 g/mol. The molecule has 1 aromatic carbocycles. The van der Waals surface area contributed by atoms with E-state index in [9.17, 15) is 20.2 Å². The Hall–Kier alpha value is -2.92. The Morgan fingerprint density at radius 1 is 1.37 bits per heavy atom. The third kappa shape index (κ3) is 3.78. The summed E-state index contributed by atoms with van der Waals surface area (Å²) in [7, 11) is 0. The second-order valence-corrected chi connectivity index (χ2v) is 7.32. The van der Waals surface area contributed by atoms with Crippen LogP contribution in [0.2, 0.25) is 0 Å². The molecule has 0 saturated carbocycles. The number of nitro benzene ring substituents is 1. The van der Waals surface area contributed by atoms with Gasteiger partial charge in [-0.3, -0.25) is 14.9 Å². The first-order valence-corrected chi connectivity index (χ1v) is 9.50. The van der Waals surface area contributed by atoms with Gasteiger partial charge >= 0.3 is 0 Å². The third-order valence-electron chi connectivity index (χ3n) is 4.69. The second kappa shape index (κ2) is 7.76. The summed E-state index contributed by atoms with van der Waals surface area (Å²) < 4.78 is 0. The van der Waals surface area contributed by atoms with Crippen LogP contribution in [0.25, 0.3) is 0 Å². The fourth-order valence-electron chi connectivity index (χ4n) is 3.26. The Morgan fingerprint density at radius 2 is 2.15 bits per heavy atom. The van der Waals surface area contributed by atoms with Gasteiger partial charge in [0.05, 0.1) is 27.5 Å². The number of aryl methyl sites for hydroxylation is 1. The lowest BCUT2D eigenvalue weighted by Gasteiger charge is -2.11. The number of benzene rings is 1. The van der Waals surface area contributed by atoms with E-state index in [1.54, 1.807) is 13.0 Å². The lowest BCUT2D eigenvalue weighted by molar-refractivity contribution is -0.385. The number of carbonyl (C=O) groups is 1. The molecule has 1 aliphatic carbocycles. The van der Waals surface area contributed by atoms with E-state index in [2.05, 4.69) is 16.4 Å². The minimum absolute atomic E-state index is 0.0388. The zero-order valence-electron chi connectivity index (χ0n) is 15.0. The molecule has 8 heteroatoms. The first-order valence-electron chi connectivity index (χ1n) is 8.51. The number of nitrogens with zero attached hydrogens (tertiary/aromatic N) is 3. The van der Waals surface area contributed by atoms with Crippen molar-refractivity contribution in [2.45, 2.75) is 38.1 Å². The van der Waals surface area contributed by atoms with Crippen LogP contribution in [-0.2, 0) is 17.6 Å². The van der Waals surface area contributed by atoms with Crippen LogP contribution in [0, 0.1) is 35.3 Å². The molecule has 1 amide bonds. The Bertz CT molecular complexity index is 982. The maximum Gasteiger partial charge on any atom is 0.274 e. The Morgan fingerprint density at radius 3 is 2.85 bits per heavy atom. The summed E-state index contributed by atoms with van der Waals surface area (Å²) in [5.74, 6) is -0.227. The van der Waals surface area contributed by atoms with Gasteiger partial charge in [-0.05, 0) is 50.3 Å². The lowest BCUT2D eigenvalue weighted by atomic mass is 10.0. The summed E-state index contributed by atoms with van der Waals surface area (Å²) in [6, 6.07) is 6.77. The standard InChI is InChI=1S/C19H18N4O3S/c1-11-13-5-3-7-16(13)22-19(14(11)9-20)27-10-18(24)21-15-6-4-8-17(12(15)2)23(25)26/h4,6,8H,3,5,7,10H2,1-2H3,(H,21,24). The number of hydrogen-bond acceptors (Lipinski definition) is 6. The number of thioether (sulfide) groups is 1. The van der Waals surface area contributed by atoms with Crippen LogP contribution in [0.4, 0.5) is 11.4 Å². The lowest BCUT2D eigenvalue weighted by Crippen LogP contribution is -2.15. The van der Waals surface area contributed by atoms with E-state index < -0.39 is 4.92 Å². The molecule has 27 heavy (non-hydrogen) atoms. The van der Waals surface area contributed by atoms with Crippen LogP contribution in [0.3, 0.4) is 0 Å². The summed E-state index contributed by atoms with van der Waals surface area (Å²) in [4.78, 5) is 27.5. The smallest absolute Gasteiger partial charge is 0.274 e. The number of nitro groups is 1. The fourth-order valence-corrected chi connectivity index (χ4v) is 4.12. The van der Waals surface area contributed by atoms with Gasteiger partial charge in [0.1, 0.15) is 11.1 Å². The maximum absolute atomic E-state index is 12.3. The highest BCUT2D eigenvalue weighted by atomic mass is 32.2. The average molecular weight is 382 g/mol. The number of rotatable bonds is 5. The summed E-state index contributed by atoms with van der Waals surface area (Å²) in [6.45, 7) is 3.53. The van der Waals surface area contributed by atoms with Crippen molar-refractivity contribution in [2.24, 2.45) is 0 Å². The van der Waals surface area contributed by atoms with Gasteiger partial charge in [0.15, 0.2) is 0 Å². The number of pyridine rings is 1. The van der Waals surface area contributed by atoms with Gasteiger partial charge in [0, 0.05) is 11.8 Å². The van der Waals surface area contributed by atoms with Crippen molar-refractivity contribution in [3.05, 3.63) is 56.3 Å². The van der Waals surface area contributed by atoms with Crippen molar-refractivity contribution in [1.29, 1.82) is 5.26 Å². The van der Waals surface area contributed by atoms with E-state index in [1.807, 2.05) is 6.92 Å². The molecule has 0 spiro atoms. The largest absolute Gasteiger partial charge is 0.325 e. The topological polar surface area (TPSA) is 109 Å². The molecule has 1 heterocycles. The van der Waals surface area contributed by atoms with Gasteiger partial charge in [-0.15, -0.1) is 0 Å². The minimum atomic E-state index is -0.476. The van der Waals surface area contributed by atoms with Crippen molar-refractivity contribution in [1.82, 2.24) is 4.98 Å². The highest BCUT2D eigenvalue weighted by Gasteiger charge is 2.21. The van der Waals surface area contributed by atoms with Crippen molar-refractivity contribution in [3.8, 4) is 6.07 Å². The van der Waals surface area contributed by atoms with Crippen LogP contribution >= 0.6 is 11.8 Å². The van der Waals surface area contributed by atoms with Crippen LogP contribution in [0.15, 0.2) is 23.2 Å². The zero-order valence-corrected chi connectivity index (χ0v) is 15.9. The molecule has 0 atom stereocenters. The molecule has 2 aromatic rings. The molecule has 0 fully saturated rings. The number of anilines is 1. The second-order valence-electron chi connectivity index (χ2n) is 6.35. The molecule has 7 nitrogen and oxygen atoms in total. The van der Waals surface area contributed by atoms with Crippen molar-refractivity contribution in [3.63, 3.8) is 0 Å². The van der Waals surface area contributed by atoms with Gasteiger partial charge in [0.25, 0.3) is 5.69 Å². The van der Waals surface area contributed by atoms with Crippen LogP contribution in [0.5, 0.6) is 0 Å². The molecule has 1 aromatic heterocycles. The van der Waals surface area contributed by atoms with Gasteiger partial charge < -0.3 is 5.32 Å². The molecule has 138 valence electrons.